The summed E-state index contributed by atoms with van der Waals surface area (Å²) in [5, 5.41) is 9.18. The van der Waals surface area contributed by atoms with Gasteiger partial charge in [0, 0.05) is 23.9 Å². The molecule has 0 N–H and O–H groups in total. The van der Waals surface area contributed by atoms with Gasteiger partial charge in [-0.1, -0.05) is 26.8 Å². The third kappa shape index (κ3) is 2.37. The van der Waals surface area contributed by atoms with Crippen molar-refractivity contribution in [3.8, 4) is 6.07 Å². The van der Waals surface area contributed by atoms with Crippen LogP contribution in [0.15, 0.2) is 11.6 Å². The second kappa shape index (κ2) is 4.94. The molecule has 0 unspecified atom stereocenters. The first kappa shape index (κ1) is 15.7. The number of carbonyl (C=O) groups excluding carboxylic acids is 2. The minimum atomic E-state index is -1.53. The molecule has 1 fully saturated rings. The van der Waals surface area contributed by atoms with Crippen molar-refractivity contribution in [2.24, 2.45) is 16.7 Å². The Morgan fingerprint density at radius 3 is 2.67 bits per heavy atom. The van der Waals surface area contributed by atoms with Crippen molar-refractivity contribution in [1.29, 1.82) is 5.26 Å². The van der Waals surface area contributed by atoms with Crippen LogP contribution in [0.1, 0.15) is 34.1 Å². The standard InChI is InChI=1S/C16H21FN2O2/c1-10(17)14(21)19-6-5-12-15(2,3)13(20)11(8-18)7-16(12,4)9-19/h7,10,12H,5-6,9H2,1-4H3/t10-,12-,16+/m1/s1. The van der Waals surface area contributed by atoms with Gasteiger partial charge in [-0.2, -0.15) is 5.26 Å². The lowest BCUT2D eigenvalue weighted by Gasteiger charge is -2.53. The van der Waals surface area contributed by atoms with Crippen molar-refractivity contribution < 1.29 is 14.0 Å². The second-order valence-corrected chi connectivity index (χ2v) is 6.94. The summed E-state index contributed by atoms with van der Waals surface area (Å²) in [6, 6.07) is 1.97. The molecular weight excluding hydrogens is 271 g/mol. The summed E-state index contributed by atoms with van der Waals surface area (Å²) in [6.07, 6.45) is 0.805. The Bertz CT molecular complexity index is 559. The topological polar surface area (TPSA) is 61.2 Å². The molecular formula is C16H21FN2O2. The average molecular weight is 292 g/mol. The predicted octanol–water partition coefficient (Wildman–Crippen LogP) is 2.26. The molecule has 1 amide bonds. The van der Waals surface area contributed by atoms with E-state index in [1.54, 1.807) is 6.08 Å². The van der Waals surface area contributed by atoms with Gasteiger partial charge in [-0.15, -0.1) is 0 Å². The Morgan fingerprint density at radius 1 is 1.52 bits per heavy atom. The number of amides is 1. The summed E-state index contributed by atoms with van der Waals surface area (Å²) in [5.41, 5.74) is -0.947. The molecule has 21 heavy (non-hydrogen) atoms. The highest BCUT2D eigenvalue weighted by Crippen LogP contribution is 2.51. The first-order valence-corrected chi connectivity index (χ1v) is 7.24. The summed E-state index contributed by atoms with van der Waals surface area (Å²) in [4.78, 5) is 25.8. The number of piperidine rings is 1. The first-order chi connectivity index (χ1) is 9.63. The number of nitriles is 1. The number of Topliss-reactive ketones (excluding diaryl/α,β-unsaturated/α-hetero) is 1. The molecule has 0 aromatic rings. The smallest absolute Gasteiger partial charge is 0.256 e. The van der Waals surface area contributed by atoms with E-state index in [-0.39, 0.29) is 17.3 Å². The maximum Gasteiger partial charge on any atom is 0.256 e. The molecule has 1 aliphatic carbocycles. The maximum atomic E-state index is 13.3. The summed E-state index contributed by atoms with van der Waals surface area (Å²) in [5.74, 6) is -0.601. The van der Waals surface area contributed by atoms with Gasteiger partial charge in [-0.05, 0) is 19.3 Å². The highest BCUT2D eigenvalue weighted by Gasteiger charge is 2.53. The fourth-order valence-electron chi connectivity index (χ4n) is 3.97. The normalized spacial score (nSPS) is 32.8. The predicted molar refractivity (Wildman–Crippen MR) is 75.8 cm³/mol. The fraction of sp³-hybridized carbons (Fsp3) is 0.688. The molecule has 2 aliphatic rings. The highest BCUT2D eigenvalue weighted by molar-refractivity contribution is 6.04. The van der Waals surface area contributed by atoms with Crippen molar-refractivity contribution in [1.82, 2.24) is 4.90 Å². The van der Waals surface area contributed by atoms with E-state index in [2.05, 4.69) is 0 Å². The van der Waals surface area contributed by atoms with Crippen molar-refractivity contribution >= 4 is 11.7 Å². The van der Waals surface area contributed by atoms with E-state index in [9.17, 15) is 19.2 Å². The molecule has 0 radical (unpaired) electrons. The van der Waals surface area contributed by atoms with Crippen LogP contribution in [0.2, 0.25) is 0 Å². The van der Waals surface area contributed by atoms with Gasteiger partial charge < -0.3 is 4.90 Å². The lowest BCUT2D eigenvalue weighted by molar-refractivity contribution is -0.144. The van der Waals surface area contributed by atoms with Gasteiger partial charge in [-0.25, -0.2) is 4.39 Å². The quantitative estimate of drug-likeness (QED) is 0.744. The number of likely N-dealkylation sites (tertiary alicyclic amines) is 1. The number of allylic oxidation sites excluding steroid dienone is 1. The van der Waals surface area contributed by atoms with Crippen LogP contribution in [0.25, 0.3) is 0 Å². The summed E-state index contributed by atoms with van der Waals surface area (Å²) < 4.78 is 13.3. The summed E-state index contributed by atoms with van der Waals surface area (Å²) in [6.45, 7) is 7.72. The fourth-order valence-corrected chi connectivity index (χ4v) is 3.97. The van der Waals surface area contributed by atoms with Crippen LogP contribution in [0.4, 0.5) is 4.39 Å². The van der Waals surface area contributed by atoms with Gasteiger partial charge in [0.05, 0.1) is 5.57 Å². The minimum absolute atomic E-state index is 0.0496. The molecule has 1 saturated heterocycles. The monoisotopic (exact) mass is 292 g/mol. The second-order valence-electron chi connectivity index (χ2n) is 6.94. The number of hydrogen-bond donors (Lipinski definition) is 0. The van der Waals surface area contributed by atoms with E-state index < -0.39 is 22.9 Å². The van der Waals surface area contributed by atoms with Crippen LogP contribution in [-0.4, -0.2) is 35.9 Å². The highest BCUT2D eigenvalue weighted by atomic mass is 19.1. The van der Waals surface area contributed by atoms with Crippen LogP contribution in [0, 0.1) is 28.1 Å². The Morgan fingerprint density at radius 2 is 2.14 bits per heavy atom. The Balaban J connectivity index is 2.40. The van der Waals surface area contributed by atoms with Gasteiger partial charge in [0.15, 0.2) is 12.0 Å². The van der Waals surface area contributed by atoms with Crippen molar-refractivity contribution in [2.45, 2.75) is 40.3 Å². The van der Waals surface area contributed by atoms with E-state index in [1.165, 1.54) is 11.8 Å². The third-order valence-electron chi connectivity index (χ3n) is 4.96. The molecule has 1 heterocycles. The summed E-state index contributed by atoms with van der Waals surface area (Å²) >= 11 is 0. The molecule has 114 valence electrons. The average Bonchev–Trinajstić information content (AvgIpc) is 2.41. The van der Waals surface area contributed by atoms with Gasteiger partial charge in [0.1, 0.15) is 6.07 Å². The zero-order valence-electron chi connectivity index (χ0n) is 12.9. The van der Waals surface area contributed by atoms with Crippen molar-refractivity contribution in [3.63, 3.8) is 0 Å². The van der Waals surface area contributed by atoms with Crippen LogP contribution >= 0.6 is 0 Å². The number of alkyl halides is 1. The van der Waals surface area contributed by atoms with Gasteiger partial charge in [0.2, 0.25) is 0 Å². The van der Waals surface area contributed by atoms with Gasteiger partial charge in [0.25, 0.3) is 5.91 Å². The maximum absolute atomic E-state index is 13.3. The molecule has 0 saturated carbocycles. The van der Waals surface area contributed by atoms with Gasteiger partial charge >= 0.3 is 0 Å². The number of hydrogen-bond acceptors (Lipinski definition) is 3. The molecule has 0 aromatic heterocycles. The SMILES string of the molecule is C[C@@H](F)C(=O)N1CC[C@@H]2C(C)(C)C(=O)C(C#N)=C[C@@]2(C)C1. The number of fused-ring (bicyclic) bond motifs is 1. The van der Waals surface area contributed by atoms with Crippen LogP contribution < -0.4 is 0 Å². The molecule has 4 nitrogen and oxygen atoms in total. The minimum Gasteiger partial charge on any atom is -0.339 e. The Labute approximate surface area is 124 Å². The summed E-state index contributed by atoms with van der Waals surface area (Å²) in [7, 11) is 0. The van der Waals surface area contributed by atoms with Crippen LogP contribution in [0.5, 0.6) is 0 Å². The number of nitrogens with zero attached hydrogens (tertiary/aromatic N) is 2. The number of carbonyl (C=O) groups is 2. The van der Waals surface area contributed by atoms with E-state index in [1.807, 2.05) is 26.8 Å². The zero-order valence-corrected chi connectivity index (χ0v) is 12.9. The molecule has 1 aliphatic heterocycles. The molecule has 5 heteroatoms. The van der Waals surface area contributed by atoms with E-state index in [0.29, 0.717) is 19.5 Å². The first-order valence-electron chi connectivity index (χ1n) is 7.24. The third-order valence-corrected chi connectivity index (χ3v) is 4.96. The lowest BCUT2D eigenvalue weighted by Crippen LogP contribution is -2.57. The van der Waals surface area contributed by atoms with Crippen molar-refractivity contribution in [3.05, 3.63) is 11.6 Å². The molecule has 0 spiro atoms. The van der Waals surface area contributed by atoms with E-state index in [4.69, 9.17) is 0 Å². The molecule has 0 bridgehead atoms. The zero-order chi connectivity index (χ0) is 16.0. The lowest BCUT2D eigenvalue weighted by atomic mass is 9.55. The van der Waals surface area contributed by atoms with Crippen molar-refractivity contribution in [2.75, 3.05) is 13.1 Å². The molecule has 2 rings (SSSR count). The Kier molecular flexibility index (Phi) is 3.69. The number of halogens is 1. The molecule has 0 aromatic carbocycles. The largest absolute Gasteiger partial charge is 0.339 e. The van der Waals surface area contributed by atoms with E-state index in [0.717, 1.165) is 0 Å². The van der Waals surface area contributed by atoms with Crippen LogP contribution in [-0.2, 0) is 9.59 Å². The van der Waals surface area contributed by atoms with Crippen LogP contribution in [0.3, 0.4) is 0 Å². The Hall–Kier alpha value is -1.70. The van der Waals surface area contributed by atoms with Gasteiger partial charge in [-0.3, -0.25) is 9.59 Å². The number of ketones is 1. The van der Waals surface area contributed by atoms with E-state index >= 15 is 0 Å². The molecule has 3 atom stereocenters. The number of rotatable bonds is 1.